The van der Waals surface area contributed by atoms with Gasteiger partial charge in [-0.25, -0.2) is 9.97 Å². The van der Waals surface area contributed by atoms with Gasteiger partial charge in [0, 0.05) is 37.9 Å². The molecule has 0 spiro atoms. The minimum Gasteiger partial charge on any atom is -0.348 e. The first-order valence-electron chi connectivity index (χ1n) is 13.4. The monoisotopic (exact) mass is 496 g/mol. The van der Waals surface area contributed by atoms with Crippen LogP contribution in [0.5, 0.6) is 0 Å². The molecule has 37 heavy (non-hydrogen) atoms. The Morgan fingerprint density at radius 1 is 0.730 bits per heavy atom. The normalized spacial score (nSPS) is 12.7. The van der Waals surface area contributed by atoms with Gasteiger partial charge in [-0.3, -0.25) is 9.80 Å². The van der Waals surface area contributed by atoms with Crippen LogP contribution in [-0.4, -0.2) is 42.8 Å². The van der Waals surface area contributed by atoms with E-state index in [1.807, 2.05) is 12.4 Å². The van der Waals surface area contributed by atoms with Gasteiger partial charge in [0.15, 0.2) is 0 Å². The fourth-order valence-electron chi connectivity index (χ4n) is 4.64. The number of hydrogen-bond donors (Lipinski definition) is 2. The highest BCUT2D eigenvalue weighted by molar-refractivity contribution is 5.69. The molecule has 194 valence electrons. The fourth-order valence-corrected chi connectivity index (χ4v) is 4.64. The molecule has 2 N–H and O–H groups in total. The van der Waals surface area contributed by atoms with Gasteiger partial charge in [-0.05, 0) is 55.1 Å². The summed E-state index contributed by atoms with van der Waals surface area (Å²) in [5.74, 6) is 1.91. The van der Waals surface area contributed by atoms with Crippen molar-refractivity contribution in [3.63, 3.8) is 0 Å². The Morgan fingerprint density at radius 2 is 1.30 bits per heavy atom. The third kappa shape index (κ3) is 8.00. The summed E-state index contributed by atoms with van der Waals surface area (Å²) < 4.78 is 0. The van der Waals surface area contributed by atoms with Crippen LogP contribution in [0.1, 0.15) is 73.6 Å². The fraction of sp³-hybridized carbons (Fsp3) is 0.355. The zero-order valence-electron chi connectivity index (χ0n) is 22.4. The maximum absolute atomic E-state index is 4.47. The summed E-state index contributed by atoms with van der Waals surface area (Å²) in [7, 11) is 0. The van der Waals surface area contributed by atoms with Crippen LogP contribution in [0.25, 0.3) is 12.2 Å². The molecular formula is C31H40N6. The number of imidazole rings is 2. The minimum absolute atomic E-state index is 0.138. The van der Waals surface area contributed by atoms with E-state index in [0.29, 0.717) is 0 Å². The van der Waals surface area contributed by atoms with Crippen molar-refractivity contribution < 1.29 is 0 Å². The molecule has 2 aromatic carbocycles. The Balaban J connectivity index is 1.37. The van der Waals surface area contributed by atoms with Crippen LogP contribution in [0.4, 0.5) is 0 Å². The number of aromatic nitrogens is 4. The Kier molecular flexibility index (Phi) is 9.86. The van der Waals surface area contributed by atoms with E-state index < -0.39 is 0 Å². The third-order valence-electron chi connectivity index (χ3n) is 6.67. The summed E-state index contributed by atoms with van der Waals surface area (Å²) in [6.45, 7) is 11.6. The van der Waals surface area contributed by atoms with Gasteiger partial charge in [0.1, 0.15) is 11.6 Å². The van der Waals surface area contributed by atoms with Gasteiger partial charge in [0.2, 0.25) is 0 Å². The molecule has 2 aromatic heterocycles. The third-order valence-corrected chi connectivity index (χ3v) is 6.67. The molecule has 0 aliphatic rings. The average molecular weight is 497 g/mol. The van der Waals surface area contributed by atoms with E-state index in [2.05, 4.69) is 111 Å². The van der Waals surface area contributed by atoms with Gasteiger partial charge in [0.25, 0.3) is 0 Å². The zero-order chi connectivity index (χ0) is 25.9. The predicted octanol–water partition coefficient (Wildman–Crippen LogP) is 6.69. The Morgan fingerprint density at radius 3 is 1.81 bits per heavy atom. The summed E-state index contributed by atoms with van der Waals surface area (Å²) in [5.41, 5.74) is 5.06. The van der Waals surface area contributed by atoms with Gasteiger partial charge < -0.3 is 9.97 Å². The van der Waals surface area contributed by atoms with E-state index in [1.165, 1.54) is 35.1 Å². The maximum atomic E-state index is 4.47. The van der Waals surface area contributed by atoms with Gasteiger partial charge in [-0.2, -0.15) is 0 Å². The molecule has 0 saturated heterocycles. The van der Waals surface area contributed by atoms with Crippen LogP contribution in [-0.2, 0) is 19.6 Å². The lowest BCUT2D eigenvalue weighted by Gasteiger charge is -2.27. The molecule has 0 saturated carbocycles. The molecule has 0 fully saturated rings. The van der Waals surface area contributed by atoms with Crippen LogP contribution < -0.4 is 0 Å². The average Bonchev–Trinajstić information content (AvgIpc) is 3.64. The first-order chi connectivity index (χ1) is 18.1. The zero-order valence-corrected chi connectivity index (χ0v) is 22.4. The molecule has 4 aromatic rings. The largest absolute Gasteiger partial charge is 0.348 e. The van der Waals surface area contributed by atoms with Gasteiger partial charge in [0.05, 0.1) is 12.6 Å². The maximum Gasteiger partial charge on any atom is 0.123 e. The number of aromatic amines is 2. The summed E-state index contributed by atoms with van der Waals surface area (Å²) in [4.78, 5) is 20.3. The first-order valence-corrected chi connectivity index (χ1v) is 13.4. The quantitative estimate of drug-likeness (QED) is 0.191. The van der Waals surface area contributed by atoms with Gasteiger partial charge in [-0.15, -0.1) is 0 Å². The number of nitrogens with zero attached hydrogens (tertiary/aromatic N) is 4. The lowest BCUT2D eigenvalue weighted by Crippen LogP contribution is -2.27. The van der Waals surface area contributed by atoms with Crippen molar-refractivity contribution in [3.05, 3.63) is 107 Å². The van der Waals surface area contributed by atoms with Gasteiger partial charge in [-0.1, -0.05) is 74.5 Å². The Hall–Kier alpha value is -3.48. The molecule has 6 nitrogen and oxygen atoms in total. The van der Waals surface area contributed by atoms with Crippen LogP contribution in [0.15, 0.2) is 73.3 Å². The highest BCUT2D eigenvalue weighted by atomic mass is 15.2. The molecule has 1 unspecified atom stereocenters. The summed E-state index contributed by atoms with van der Waals surface area (Å²) in [6, 6.07) is 17.9. The second kappa shape index (κ2) is 13.7. The number of nitrogens with one attached hydrogen (secondary N) is 2. The highest BCUT2D eigenvalue weighted by Crippen LogP contribution is 2.22. The Labute approximate surface area is 221 Å². The summed E-state index contributed by atoms with van der Waals surface area (Å²) in [6.07, 6.45) is 14.1. The van der Waals surface area contributed by atoms with Crippen LogP contribution >= 0.6 is 0 Å². The van der Waals surface area contributed by atoms with E-state index in [4.69, 9.17) is 0 Å². The molecule has 0 aliphatic heterocycles. The highest BCUT2D eigenvalue weighted by Gasteiger charge is 2.19. The summed E-state index contributed by atoms with van der Waals surface area (Å²) in [5, 5.41) is 0. The lowest BCUT2D eigenvalue weighted by molar-refractivity contribution is 0.181. The smallest absolute Gasteiger partial charge is 0.123 e. The van der Waals surface area contributed by atoms with E-state index in [9.17, 15) is 0 Å². The van der Waals surface area contributed by atoms with E-state index in [0.717, 1.165) is 44.4 Å². The van der Waals surface area contributed by atoms with Crippen molar-refractivity contribution in [2.75, 3.05) is 13.1 Å². The van der Waals surface area contributed by atoms with Crippen molar-refractivity contribution >= 4 is 12.2 Å². The van der Waals surface area contributed by atoms with E-state index in [-0.39, 0.29) is 6.04 Å². The van der Waals surface area contributed by atoms with Crippen LogP contribution in [0.2, 0.25) is 0 Å². The molecule has 4 rings (SSSR count). The van der Waals surface area contributed by atoms with Gasteiger partial charge >= 0.3 is 0 Å². The lowest BCUT2D eigenvalue weighted by atomic mass is 10.1. The minimum atomic E-state index is 0.138. The van der Waals surface area contributed by atoms with Crippen LogP contribution in [0, 0.1) is 0 Å². The first kappa shape index (κ1) is 26.6. The number of benzene rings is 2. The molecule has 2 heterocycles. The molecular weight excluding hydrogens is 456 g/mol. The molecule has 0 amide bonds. The van der Waals surface area contributed by atoms with Crippen molar-refractivity contribution in [3.8, 4) is 0 Å². The predicted molar refractivity (Wildman–Crippen MR) is 153 cm³/mol. The molecule has 6 heteroatoms. The second-order valence-corrected chi connectivity index (χ2v) is 9.68. The SMILES string of the molecule is CCCN(CCC)Cc1ccc(C=Cc2ccc(CN(Cc3ncc[nH]3)C(C)c3ncc[nH]3)cc2)cc1. The summed E-state index contributed by atoms with van der Waals surface area (Å²) >= 11 is 0. The van der Waals surface area contributed by atoms with Crippen molar-refractivity contribution in [1.82, 2.24) is 29.7 Å². The topological polar surface area (TPSA) is 63.8 Å². The molecule has 1 atom stereocenters. The molecule has 0 bridgehead atoms. The number of H-pyrrole nitrogens is 2. The molecule has 0 radical (unpaired) electrons. The van der Waals surface area contributed by atoms with E-state index in [1.54, 1.807) is 12.4 Å². The van der Waals surface area contributed by atoms with Crippen LogP contribution in [0.3, 0.4) is 0 Å². The van der Waals surface area contributed by atoms with Crippen molar-refractivity contribution in [2.24, 2.45) is 0 Å². The number of hydrogen-bond acceptors (Lipinski definition) is 4. The van der Waals surface area contributed by atoms with Crippen molar-refractivity contribution in [1.29, 1.82) is 0 Å². The Bertz CT molecular complexity index is 1170. The second-order valence-electron chi connectivity index (χ2n) is 9.68. The standard InChI is InChI=1S/C31H40N6/c1-4-20-36(21-5-2)22-28-12-8-26(9-13-28)6-7-27-10-14-29(15-11-27)23-37(24-30-32-16-17-33-30)25(3)31-34-18-19-35-31/h6-19,25H,4-5,20-24H2,1-3H3,(H,32,33)(H,34,35). The number of rotatable bonds is 14. The van der Waals surface area contributed by atoms with E-state index >= 15 is 0 Å². The van der Waals surface area contributed by atoms with Crippen molar-refractivity contribution in [2.45, 2.75) is 59.3 Å². The molecule has 0 aliphatic carbocycles.